The standard InChI is InChI=1S/C18H14FN3O3/c1-11(20-13-7-5-6-12(19)10-13)15-16(23)21-18(25)22(17(15)24)14-8-3-2-4-9-14/h2-10,15,20H,1H2,(H,21,23,25)/t15-/m1/s1. The van der Waals surface area contributed by atoms with Crippen molar-refractivity contribution in [3.8, 4) is 0 Å². The summed E-state index contributed by atoms with van der Waals surface area (Å²) in [5, 5.41) is 4.88. The average molecular weight is 339 g/mol. The largest absolute Gasteiger partial charge is 0.358 e. The van der Waals surface area contributed by atoms with Crippen molar-refractivity contribution >= 4 is 29.2 Å². The van der Waals surface area contributed by atoms with Crippen LogP contribution in [0.25, 0.3) is 0 Å². The van der Waals surface area contributed by atoms with Crippen LogP contribution in [0.2, 0.25) is 0 Å². The number of imide groups is 2. The second kappa shape index (κ2) is 6.56. The number of nitrogens with zero attached hydrogens (tertiary/aromatic N) is 1. The van der Waals surface area contributed by atoms with Crippen molar-refractivity contribution in [3.05, 3.63) is 72.7 Å². The van der Waals surface area contributed by atoms with E-state index in [2.05, 4.69) is 17.2 Å². The third-order valence-corrected chi connectivity index (χ3v) is 3.66. The van der Waals surface area contributed by atoms with Crippen molar-refractivity contribution < 1.29 is 18.8 Å². The summed E-state index contributed by atoms with van der Waals surface area (Å²) in [5.74, 6) is -3.30. The zero-order valence-corrected chi connectivity index (χ0v) is 13.0. The molecule has 1 atom stereocenters. The number of rotatable bonds is 4. The number of benzene rings is 2. The number of carbonyl (C=O) groups is 3. The van der Waals surface area contributed by atoms with E-state index in [1.165, 1.54) is 18.2 Å². The van der Waals surface area contributed by atoms with E-state index in [1.54, 1.807) is 36.4 Å². The summed E-state index contributed by atoms with van der Waals surface area (Å²) in [6.45, 7) is 3.70. The summed E-state index contributed by atoms with van der Waals surface area (Å²) in [7, 11) is 0. The van der Waals surface area contributed by atoms with Gasteiger partial charge in [-0.05, 0) is 30.3 Å². The molecule has 126 valence electrons. The number of halogens is 1. The van der Waals surface area contributed by atoms with Gasteiger partial charge < -0.3 is 5.32 Å². The Hall–Kier alpha value is -3.48. The average Bonchev–Trinajstić information content (AvgIpc) is 2.55. The zero-order valence-electron chi connectivity index (χ0n) is 13.0. The van der Waals surface area contributed by atoms with Gasteiger partial charge in [0.25, 0.3) is 5.91 Å². The summed E-state index contributed by atoms with van der Waals surface area (Å²) >= 11 is 0. The Morgan fingerprint density at radius 2 is 1.80 bits per heavy atom. The SMILES string of the molecule is C=C(Nc1cccc(F)c1)[C@@H]1C(=O)NC(=O)N(c2ccccc2)C1=O. The molecule has 0 aromatic heterocycles. The lowest BCUT2D eigenvalue weighted by molar-refractivity contribution is -0.132. The fraction of sp³-hybridized carbons (Fsp3) is 0.0556. The molecule has 2 aromatic carbocycles. The smallest absolute Gasteiger partial charge is 0.335 e. The van der Waals surface area contributed by atoms with Crippen LogP contribution in [-0.4, -0.2) is 17.8 Å². The number of urea groups is 1. The second-order valence-corrected chi connectivity index (χ2v) is 5.40. The summed E-state index contributed by atoms with van der Waals surface area (Å²) in [4.78, 5) is 37.8. The number of barbiturate groups is 1. The number of hydrogen-bond acceptors (Lipinski definition) is 4. The molecule has 1 heterocycles. The molecule has 0 aliphatic carbocycles. The Balaban J connectivity index is 1.87. The summed E-state index contributed by atoms with van der Waals surface area (Å²) in [6, 6.07) is 12.9. The number of para-hydroxylation sites is 1. The summed E-state index contributed by atoms with van der Waals surface area (Å²) in [6.07, 6.45) is 0. The van der Waals surface area contributed by atoms with E-state index in [-0.39, 0.29) is 5.70 Å². The van der Waals surface area contributed by atoms with E-state index in [9.17, 15) is 18.8 Å². The molecule has 2 aromatic rings. The lowest BCUT2D eigenvalue weighted by atomic mass is 10.0. The molecule has 2 N–H and O–H groups in total. The molecule has 7 heteroatoms. The van der Waals surface area contributed by atoms with Crippen LogP contribution in [0.3, 0.4) is 0 Å². The van der Waals surface area contributed by atoms with Crippen LogP contribution in [0.5, 0.6) is 0 Å². The molecular formula is C18H14FN3O3. The van der Waals surface area contributed by atoms with E-state index in [0.717, 1.165) is 4.90 Å². The Morgan fingerprint density at radius 3 is 2.48 bits per heavy atom. The van der Waals surface area contributed by atoms with E-state index in [4.69, 9.17) is 0 Å². The maximum absolute atomic E-state index is 13.3. The Labute approximate surface area is 142 Å². The minimum absolute atomic E-state index is 0.0431. The Kier molecular flexibility index (Phi) is 4.30. The fourth-order valence-corrected chi connectivity index (χ4v) is 2.53. The lowest BCUT2D eigenvalue weighted by Crippen LogP contribution is -2.59. The van der Waals surface area contributed by atoms with Crippen molar-refractivity contribution in [1.82, 2.24) is 5.32 Å². The van der Waals surface area contributed by atoms with Crippen LogP contribution < -0.4 is 15.5 Å². The molecule has 1 aliphatic rings. The van der Waals surface area contributed by atoms with Gasteiger partial charge in [0, 0.05) is 11.4 Å². The highest BCUT2D eigenvalue weighted by Crippen LogP contribution is 2.25. The minimum atomic E-state index is -1.32. The van der Waals surface area contributed by atoms with Crippen LogP contribution in [0.4, 0.5) is 20.6 Å². The normalized spacial score (nSPS) is 17.2. The number of amides is 4. The van der Waals surface area contributed by atoms with Gasteiger partial charge in [-0.25, -0.2) is 14.1 Å². The Bertz CT molecular complexity index is 867. The number of carbonyl (C=O) groups excluding carboxylic acids is 3. The van der Waals surface area contributed by atoms with Gasteiger partial charge >= 0.3 is 6.03 Å². The molecule has 0 saturated carbocycles. The van der Waals surface area contributed by atoms with E-state index in [1.807, 2.05) is 0 Å². The van der Waals surface area contributed by atoms with Crippen molar-refractivity contribution in [2.24, 2.45) is 5.92 Å². The first-order valence-electron chi connectivity index (χ1n) is 7.42. The third-order valence-electron chi connectivity index (χ3n) is 3.66. The first-order valence-corrected chi connectivity index (χ1v) is 7.42. The molecule has 1 aliphatic heterocycles. The summed E-state index contributed by atoms with van der Waals surface area (Å²) < 4.78 is 13.3. The van der Waals surface area contributed by atoms with E-state index in [0.29, 0.717) is 11.4 Å². The van der Waals surface area contributed by atoms with Gasteiger partial charge in [-0.2, -0.15) is 0 Å². The van der Waals surface area contributed by atoms with E-state index < -0.39 is 29.6 Å². The van der Waals surface area contributed by atoms with Crippen molar-refractivity contribution in [2.45, 2.75) is 0 Å². The summed E-state index contributed by atoms with van der Waals surface area (Å²) in [5.41, 5.74) is 0.719. The van der Waals surface area contributed by atoms with Crippen molar-refractivity contribution in [1.29, 1.82) is 0 Å². The number of nitrogens with one attached hydrogen (secondary N) is 2. The maximum Gasteiger partial charge on any atom is 0.335 e. The molecule has 0 bridgehead atoms. The number of anilines is 2. The topological polar surface area (TPSA) is 78.5 Å². The zero-order chi connectivity index (χ0) is 18.0. The highest BCUT2D eigenvalue weighted by Gasteiger charge is 2.42. The highest BCUT2D eigenvalue weighted by atomic mass is 19.1. The second-order valence-electron chi connectivity index (χ2n) is 5.40. The quantitative estimate of drug-likeness (QED) is 0.840. The molecule has 1 saturated heterocycles. The lowest BCUT2D eigenvalue weighted by Gasteiger charge is -2.31. The predicted molar refractivity (Wildman–Crippen MR) is 90.1 cm³/mol. The molecule has 25 heavy (non-hydrogen) atoms. The van der Waals surface area contributed by atoms with Gasteiger partial charge in [0.2, 0.25) is 5.91 Å². The van der Waals surface area contributed by atoms with Crippen molar-refractivity contribution in [3.63, 3.8) is 0 Å². The Morgan fingerprint density at radius 1 is 1.08 bits per heavy atom. The monoisotopic (exact) mass is 339 g/mol. The molecule has 4 amide bonds. The van der Waals surface area contributed by atoms with Gasteiger partial charge in [0.15, 0.2) is 5.92 Å². The van der Waals surface area contributed by atoms with Crippen LogP contribution in [0.15, 0.2) is 66.9 Å². The fourth-order valence-electron chi connectivity index (χ4n) is 2.53. The first-order chi connectivity index (χ1) is 12.0. The molecule has 3 rings (SSSR count). The number of hydrogen-bond donors (Lipinski definition) is 2. The predicted octanol–water partition coefficient (Wildman–Crippen LogP) is 2.65. The molecule has 1 fully saturated rings. The van der Waals surface area contributed by atoms with Gasteiger partial charge in [-0.1, -0.05) is 30.8 Å². The van der Waals surface area contributed by atoms with Crippen LogP contribution in [0, 0.1) is 11.7 Å². The molecule has 0 radical (unpaired) electrons. The molecular weight excluding hydrogens is 325 g/mol. The molecule has 0 unspecified atom stereocenters. The molecule has 6 nitrogen and oxygen atoms in total. The van der Waals surface area contributed by atoms with E-state index >= 15 is 0 Å². The van der Waals surface area contributed by atoms with Crippen molar-refractivity contribution in [2.75, 3.05) is 10.2 Å². The van der Waals surface area contributed by atoms with Gasteiger partial charge in [0.05, 0.1) is 5.69 Å². The van der Waals surface area contributed by atoms with Crippen LogP contribution >= 0.6 is 0 Å². The van der Waals surface area contributed by atoms with Crippen LogP contribution in [0.1, 0.15) is 0 Å². The molecule has 0 spiro atoms. The van der Waals surface area contributed by atoms with Crippen LogP contribution in [-0.2, 0) is 9.59 Å². The van der Waals surface area contributed by atoms with Gasteiger partial charge in [0.1, 0.15) is 5.82 Å². The van der Waals surface area contributed by atoms with Gasteiger partial charge in [-0.15, -0.1) is 0 Å². The maximum atomic E-state index is 13.3. The van der Waals surface area contributed by atoms with Gasteiger partial charge in [-0.3, -0.25) is 14.9 Å². The minimum Gasteiger partial charge on any atom is -0.358 e. The highest BCUT2D eigenvalue weighted by molar-refractivity contribution is 6.28. The first kappa shape index (κ1) is 16.4. The third kappa shape index (κ3) is 3.25.